The highest BCUT2D eigenvalue weighted by Gasteiger charge is 2.30. The number of halogens is 2. The molecule has 5 rings (SSSR count). The molecule has 3 amide bonds. The fraction of sp³-hybridized carbons (Fsp3) is 0.308. The van der Waals surface area contributed by atoms with Gasteiger partial charge in [0.2, 0.25) is 5.95 Å². The molecule has 1 fully saturated rings. The number of nitrogens with zero attached hydrogens (tertiary/aromatic N) is 3. The van der Waals surface area contributed by atoms with Gasteiger partial charge < -0.3 is 21.3 Å². The van der Waals surface area contributed by atoms with Crippen LogP contribution < -0.4 is 26.2 Å². The number of anilines is 3. The van der Waals surface area contributed by atoms with Crippen LogP contribution in [0.1, 0.15) is 40.2 Å². The quantitative estimate of drug-likeness (QED) is 0.303. The first kappa shape index (κ1) is 26.6. The highest BCUT2D eigenvalue weighted by Crippen LogP contribution is 2.39. The summed E-state index contributed by atoms with van der Waals surface area (Å²) in [5.41, 5.74) is 3.94. The predicted octanol–water partition coefficient (Wildman–Crippen LogP) is 5.13. The van der Waals surface area contributed by atoms with Crippen LogP contribution in [-0.4, -0.2) is 47.9 Å². The third-order valence-electron chi connectivity index (χ3n) is 6.61. The van der Waals surface area contributed by atoms with E-state index in [1.165, 1.54) is 23.5 Å². The Hall–Kier alpha value is -3.05. The number of benzene rings is 2. The van der Waals surface area contributed by atoms with Crippen LogP contribution in [0, 0.1) is 0 Å². The summed E-state index contributed by atoms with van der Waals surface area (Å²) in [6, 6.07) is 11.1. The van der Waals surface area contributed by atoms with Crippen molar-refractivity contribution in [2.45, 2.75) is 30.3 Å². The zero-order valence-electron chi connectivity index (χ0n) is 20.7. The van der Waals surface area contributed by atoms with E-state index < -0.39 is 0 Å². The van der Waals surface area contributed by atoms with Crippen molar-refractivity contribution in [2.24, 2.45) is 0 Å². The second-order valence-electron chi connectivity index (χ2n) is 8.98. The minimum atomic E-state index is -0.255. The number of piperidine rings is 1. The number of carbonyl (C=O) groups excluding carboxylic acids is 2. The summed E-state index contributed by atoms with van der Waals surface area (Å²) in [5.74, 6) is 0.887. The molecular weight excluding hydrogens is 545 g/mol. The first-order valence-electron chi connectivity index (χ1n) is 12.3. The molecule has 12 heteroatoms. The zero-order valence-corrected chi connectivity index (χ0v) is 23.0. The fourth-order valence-corrected chi connectivity index (χ4v) is 6.23. The lowest BCUT2D eigenvalue weighted by molar-refractivity contribution is 0.0985. The van der Waals surface area contributed by atoms with Crippen LogP contribution in [0.3, 0.4) is 0 Å². The number of amides is 3. The number of para-hydroxylation sites is 1. The molecule has 0 saturated carbocycles. The van der Waals surface area contributed by atoms with Crippen LogP contribution >= 0.6 is 35.0 Å². The van der Waals surface area contributed by atoms with E-state index in [-0.39, 0.29) is 11.9 Å². The molecule has 2 aliphatic rings. The van der Waals surface area contributed by atoms with Crippen LogP contribution in [-0.2, 0) is 6.54 Å². The topological polar surface area (TPSA) is 111 Å². The molecular formula is C26H27Cl2N7O2S. The first-order chi connectivity index (χ1) is 18.4. The molecule has 198 valence electrons. The van der Waals surface area contributed by atoms with E-state index in [4.69, 9.17) is 23.2 Å². The summed E-state index contributed by atoms with van der Waals surface area (Å²) < 4.78 is 0. The van der Waals surface area contributed by atoms with E-state index in [0.717, 1.165) is 37.2 Å². The highest BCUT2D eigenvalue weighted by atomic mass is 35.5. The minimum Gasteiger partial charge on any atom is -0.341 e. The molecule has 2 aliphatic heterocycles. The van der Waals surface area contributed by atoms with Crippen molar-refractivity contribution in [3.8, 4) is 0 Å². The maximum absolute atomic E-state index is 13.2. The number of nitrogens with one attached hydrogen (secondary N) is 4. The van der Waals surface area contributed by atoms with Gasteiger partial charge >= 0.3 is 6.03 Å². The van der Waals surface area contributed by atoms with Crippen molar-refractivity contribution in [1.29, 1.82) is 0 Å². The largest absolute Gasteiger partial charge is 0.341 e. The van der Waals surface area contributed by atoms with Crippen molar-refractivity contribution in [3.05, 3.63) is 69.3 Å². The third-order valence-corrected chi connectivity index (χ3v) is 8.19. The number of thioether (sulfide) groups is 1. The average Bonchev–Trinajstić information content (AvgIpc) is 2.93. The van der Waals surface area contributed by atoms with Gasteiger partial charge in [-0.3, -0.25) is 9.69 Å². The van der Waals surface area contributed by atoms with E-state index in [0.29, 0.717) is 50.6 Å². The van der Waals surface area contributed by atoms with Gasteiger partial charge in [-0.15, -0.1) is 0 Å². The lowest BCUT2D eigenvalue weighted by Crippen LogP contribution is -2.35. The van der Waals surface area contributed by atoms with E-state index in [2.05, 4.69) is 37.3 Å². The van der Waals surface area contributed by atoms with Crippen molar-refractivity contribution in [1.82, 2.24) is 25.9 Å². The lowest BCUT2D eigenvalue weighted by atomic mass is 9.87. The maximum atomic E-state index is 13.2. The van der Waals surface area contributed by atoms with Crippen LogP contribution in [0.2, 0.25) is 10.0 Å². The molecule has 0 bridgehead atoms. The van der Waals surface area contributed by atoms with Crippen LogP contribution in [0.15, 0.2) is 47.6 Å². The molecule has 0 unspecified atom stereocenters. The smallest absolute Gasteiger partial charge is 0.314 e. The first-order valence-corrected chi connectivity index (χ1v) is 14.0. The van der Waals surface area contributed by atoms with Crippen molar-refractivity contribution in [2.75, 3.05) is 36.2 Å². The van der Waals surface area contributed by atoms with Gasteiger partial charge in [0.05, 0.1) is 27.2 Å². The van der Waals surface area contributed by atoms with E-state index in [1.807, 2.05) is 12.1 Å². The molecule has 1 aromatic heterocycles. The van der Waals surface area contributed by atoms with Gasteiger partial charge in [-0.1, -0.05) is 47.1 Å². The van der Waals surface area contributed by atoms with Gasteiger partial charge in [0.1, 0.15) is 5.03 Å². The van der Waals surface area contributed by atoms with E-state index in [9.17, 15) is 9.59 Å². The number of aromatic nitrogens is 2. The van der Waals surface area contributed by atoms with Gasteiger partial charge in [-0.25, -0.2) is 14.8 Å². The van der Waals surface area contributed by atoms with Crippen LogP contribution in [0.4, 0.5) is 22.1 Å². The molecule has 3 heterocycles. The molecule has 38 heavy (non-hydrogen) atoms. The summed E-state index contributed by atoms with van der Waals surface area (Å²) in [7, 11) is 1.60. The second-order valence-corrected chi connectivity index (χ2v) is 10.7. The average molecular weight is 573 g/mol. The van der Waals surface area contributed by atoms with E-state index >= 15 is 0 Å². The number of hydrogen-bond donors (Lipinski definition) is 4. The molecule has 4 N–H and O–H groups in total. The van der Waals surface area contributed by atoms with Gasteiger partial charge in [-0.2, -0.15) is 0 Å². The van der Waals surface area contributed by atoms with Gasteiger partial charge in [0.15, 0.2) is 0 Å². The standard InChI is InChI=1S/C26H27Cl2N7O2S/c1-29-26(37)32-12-16-11-17(5-6-18(16)15-7-9-30-10-8-15)33-25-31-13-19-23(34-25)38-14-35(24(19)36)22-20(27)3-2-4-21(22)28/h2-6,11,13,15,30H,7-10,12,14H2,1H3,(H2,29,32,37)(H,31,33,34). The Kier molecular flexibility index (Phi) is 8.23. The second kappa shape index (κ2) is 11.8. The summed E-state index contributed by atoms with van der Waals surface area (Å²) in [4.78, 5) is 35.6. The predicted molar refractivity (Wildman–Crippen MR) is 152 cm³/mol. The minimum absolute atomic E-state index is 0.230. The van der Waals surface area contributed by atoms with E-state index in [1.54, 1.807) is 30.1 Å². The summed E-state index contributed by atoms with van der Waals surface area (Å²) in [6.07, 6.45) is 3.62. The molecule has 0 atom stereocenters. The van der Waals surface area contributed by atoms with Crippen LogP contribution in [0.5, 0.6) is 0 Å². The van der Waals surface area contributed by atoms with Crippen molar-refractivity contribution >= 4 is 64.2 Å². The molecule has 0 aliphatic carbocycles. The Balaban J connectivity index is 1.37. The number of carbonyl (C=O) groups is 2. The Bertz CT molecular complexity index is 1350. The number of fused-ring (bicyclic) bond motifs is 1. The lowest BCUT2D eigenvalue weighted by Gasteiger charge is -2.28. The molecule has 0 spiro atoms. The third kappa shape index (κ3) is 5.68. The van der Waals surface area contributed by atoms with Gasteiger partial charge in [-0.05, 0) is 67.2 Å². The normalized spacial score (nSPS) is 15.7. The molecule has 0 radical (unpaired) electrons. The Morgan fingerprint density at radius 1 is 1.18 bits per heavy atom. The van der Waals surface area contributed by atoms with Gasteiger partial charge in [0.25, 0.3) is 5.91 Å². The Labute approximate surface area is 235 Å². The number of rotatable bonds is 6. The number of hydrogen-bond acceptors (Lipinski definition) is 7. The summed E-state index contributed by atoms with van der Waals surface area (Å²) >= 11 is 14.1. The molecule has 9 nitrogen and oxygen atoms in total. The Morgan fingerprint density at radius 2 is 1.95 bits per heavy atom. The Morgan fingerprint density at radius 3 is 2.68 bits per heavy atom. The molecule has 1 saturated heterocycles. The summed E-state index contributed by atoms with van der Waals surface area (Å²) in [6.45, 7) is 2.36. The number of urea groups is 1. The SMILES string of the molecule is CNC(=O)NCc1cc(Nc2ncc3c(n2)SCN(c2c(Cl)cccc2Cl)C3=O)ccc1C1CCNCC1. The molecule has 3 aromatic rings. The monoisotopic (exact) mass is 571 g/mol. The van der Waals surface area contributed by atoms with Gasteiger partial charge in [0, 0.05) is 25.5 Å². The zero-order chi connectivity index (χ0) is 26.6. The molecule has 2 aromatic carbocycles. The maximum Gasteiger partial charge on any atom is 0.314 e. The summed E-state index contributed by atoms with van der Waals surface area (Å²) in [5, 5.41) is 13.6. The van der Waals surface area contributed by atoms with Crippen LogP contribution in [0.25, 0.3) is 0 Å². The van der Waals surface area contributed by atoms with Crippen molar-refractivity contribution in [3.63, 3.8) is 0 Å². The fourth-order valence-electron chi connectivity index (χ4n) is 4.69. The van der Waals surface area contributed by atoms with Crippen molar-refractivity contribution < 1.29 is 9.59 Å². The highest BCUT2D eigenvalue weighted by molar-refractivity contribution is 7.99.